The maximum absolute atomic E-state index is 13.0. The second-order valence-electron chi connectivity index (χ2n) is 5.68. The van der Waals surface area contributed by atoms with Crippen LogP contribution in [0.4, 0.5) is 27.7 Å². The highest BCUT2D eigenvalue weighted by Gasteiger charge is 2.14. The Morgan fingerprint density at radius 2 is 1.59 bits per heavy atom. The minimum Gasteiger partial charge on any atom is -0.368 e. The average molecular weight is 413 g/mol. The predicted octanol–water partition coefficient (Wildman–Crippen LogP) is 2.16. The van der Waals surface area contributed by atoms with Crippen LogP contribution in [0.3, 0.4) is 0 Å². The molecule has 3 aromatic rings. The van der Waals surface area contributed by atoms with E-state index >= 15 is 0 Å². The molecular formula is C18H16FN7O2S. The first-order valence-corrected chi connectivity index (χ1v) is 9.25. The van der Waals surface area contributed by atoms with Gasteiger partial charge in [-0.1, -0.05) is 23.9 Å². The van der Waals surface area contributed by atoms with Crippen LogP contribution in [0.25, 0.3) is 0 Å². The van der Waals surface area contributed by atoms with E-state index < -0.39 is 11.7 Å². The van der Waals surface area contributed by atoms with Crippen molar-refractivity contribution < 1.29 is 14.0 Å². The molecule has 3 rings (SSSR count). The number of para-hydroxylation sites is 1. The van der Waals surface area contributed by atoms with Crippen LogP contribution in [0, 0.1) is 5.82 Å². The van der Waals surface area contributed by atoms with Gasteiger partial charge in [0, 0.05) is 5.69 Å². The first-order chi connectivity index (χ1) is 13.9. The fourth-order valence-electron chi connectivity index (χ4n) is 2.29. The summed E-state index contributed by atoms with van der Waals surface area (Å²) in [5.41, 5.74) is 12.0. The number of nitrogen functional groups attached to an aromatic ring is 2. The predicted molar refractivity (Wildman–Crippen MR) is 109 cm³/mol. The number of hydrogen-bond donors (Lipinski definition) is 4. The minimum atomic E-state index is -0.446. The van der Waals surface area contributed by atoms with Gasteiger partial charge in [-0.3, -0.25) is 9.59 Å². The Kier molecular flexibility index (Phi) is 6.19. The lowest BCUT2D eigenvalue weighted by molar-refractivity contribution is -0.113. The fourth-order valence-corrected chi connectivity index (χ4v) is 2.94. The number of aromatic nitrogens is 3. The van der Waals surface area contributed by atoms with Crippen LogP contribution >= 0.6 is 11.8 Å². The summed E-state index contributed by atoms with van der Waals surface area (Å²) in [7, 11) is 0. The molecule has 0 radical (unpaired) electrons. The molecule has 0 unspecified atom stereocenters. The zero-order chi connectivity index (χ0) is 20.8. The Hall–Kier alpha value is -3.73. The monoisotopic (exact) mass is 413 g/mol. The van der Waals surface area contributed by atoms with Crippen LogP contribution in [-0.2, 0) is 4.79 Å². The van der Waals surface area contributed by atoms with Crippen molar-refractivity contribution in [3.05, 3.63) is 59.9 Å². The highest BCUT2D eigenvalue weighted by Crippen LogP contribution is 2.19. The van der Waals surface area contributed by atoms with Gasteiger partial charge in [-0.15, -0.1) is 0 Å². The first-order valence-electron chi connectivity index (χ1n) is 8.26. The highest BCUT2D eigenvalue weighted by molar-refractivity contribution is 7.99. The molecule has 0 aliphatic rings. The smallest absolute Gasteiger partial charge is 0.257 e. The topological polar surface area (TPSA) is 149 Å². The van der Waals surface area contributed by atoms with Gasteiger partial charge in [0.05, 0.1) is 17.0 Å². The van der Waals surface area contributed by atoms with Crippen molar-refractivity contribution >= 4 is 46.8 Å². The number of benzene rings is 2. The highest BCUT2D eigenvalue weighted by atomic mass is 32.2. The molecule has 2 amide bonds. The van der Waals surface area contributed by atoms with E-state index in [0.29, 0.717) is 11.4 Å². The number of nitrogens with two attached hydrogens (primary N) is 2. The van der Waals surface area contributed by atoms with Crippen molar-refractivity contribution in [2.24, 2.45) is 0 Å². The standard InChI is InChI=1S/C18H16FN7O2S/c19-10-5-7-11(8-6-10)22-15(28)12-3-1-2-4-13(12)23-14(27)9-29-18-25-16(20)24-17(21)26-18/h1-8H,9H2,(H,22,28)(H,23,27)(H4,20,21,24,25,26). The molecule has 2 aromatic carbocycles. The number of thioether (sulfide) groups is 1. The Balaban J connectivity index is 1.65. The van der Waals surface area contributed by atoms with E-state index in [4.69, 9.17) is 11.5 Å². The number of amides is 2. The Labute approximate surface area is 169 Å². The molecule has 1 heterocycles. The number of hydrogen-bond acceptors (Lipinski definition) is 8. The molecule has 148 valence electrons. The SMILES string of the molecule is Nc1nc(N)nc(SCC(=O)Nc2ccccc2C(=O)Nc2ccc(F)cc2)n1. The van der Waals surface area contributed by atoms with Crippen LogP contribution in [-0.4, -0.2) is 32.5 Å². The van der Waals surface area contributed by atoms with Crippen LogP contribution in [0.2, 0.25) is 0 Å². The summed E-state index contributed by atoms with van der Waals surface area (Å²) in [5, 5.41) is 5.54. The zero-order valence-electron chi connectivity index (χ0n) is 14.9. The summed E-state index contributed by atoms with van der Waals surface area (Å²) < 4.78 is 13.0. The number of rotatable bonds is 6. The second-order valence-corrected chi connectivity index (χ2v) is 6.62. The molecule has 1 aromatic heterocycles. The Bertz CT molecular complexity index is 1030. The van der Waals surface area contributed by atoms with Crippen LogP contribution in [0.1, 0.15) is 10.4 Å². The summed E-state index contributed by atoms with van der Waals surface area (Å²) in [6.45, 7) is 0. The summed E-state index contributed by atoms with van der Waals surface area (Å²) in [6, 6.07) is 11.9. The van der Waals surface area contributed by atoms with E-state index in [9.17, 15) is 14.0 Å². The molecule has 0 aliphatic carbocycles. The van der Waals surface area contributed by atoms with Crippen molar-refractivity contribution in [2.75, 3.05) is 27.9 Å². The van der Waals surface area contributed by atoms with Crippen LogP contribution < -0.4 is 22.1 Å². The van der Waals surface area contributed by atoms with Crippen LogP contribution in [0.5, 0.6) is 0 Å². The lowest BCUT2D eigenvalue weighted by Crippen LogP contribution is -2.19. The zero-order valence-corrected chi connectivity index (χ0v) is 15.7. The third-order valence-electron chi connectivity index (χ3n) is 3.53. The average Bonchev–Trinajstić information content (AvgIpc) is 2.68. The summed E-state index contributed by atoms with van der Waals surface area (Å²) in [4.78, 5) is 36.2. The van der Waals surface area contributed by atoms with E-state index in [2.05, 4.69) is 25.6 Å². The van der Waals surface area contributed by atoms with Gasteiger partial charge >= 0.3 is 0 Å². The lowest BCUT2D eigenvalue weighted by Gasteiger charge is -2.11. The number of anilines is 4. The van der Waals surface area contributed by atoms with E-state index in [1.807, 2.05) is 0 Å². The van der Waals surface area contributed by atoms with Gasteiger partial charge in [0.15, 0.2) is 5.16 Å². The van der Waals surface area contributed by atoms with E-state index in [-0.39, 0.29) is 34.3 Å². The van der Waals surface area contributed by atoms with Gasteiger partial charge in [-0.2, -0.15) is 15.0 Å². The normalized spacial score (nSPS) is 10.4. The van der Waals surface area contributed by atoms with E-state index in [1.165, 1.54) is 24.3 Å². The van der Waals surface area contributed by atoms with Gasteiger partial charge < -0.3 is 22.1 Å². The fraction of sp³-hybridized carbons (Fsp3) is 0.0556. The summed E-state index contributed by atoms with van der Waals surface area (Å²) in [6.07, 6.45) is 0. The second kappa shape index (κ2) is 8.97. The minimum absolute atomic E-state index is 0.0309. The van der Waals surface area contributed by atoms with Gasteiger partial charge in [-0.25, -0.2) is 4.39 Å². The summed E-state index contributed by atoms with van der Waals surface area (Å²) >= 11 is 1.02. The van der Waals surface area contributed by atoms with Gasteiger partial charge in [-0.05, 0) is 36.4 Å². The lowest BCUT2D eigenvalue weighted by atomic mass is 10.1. The molecule has 0 fully saturated rings. The molecule has 9 nitrogen and oxygen atoms in total. The van der Waals surface area contributed by atoms with Crippen molar-refractivity contribution in [1.29, 1.82) is 0 Å². The number of nitrogens with zero attached hydrogens (tertiary/aromatic N) is 3. The molecule has 29 heavy (non-hydrogen) atoms. The quantitative estimate of drug-likeness (QED) is 0.449. The molecule has 0 aliphatic heterocycles. The molecule has 0 bridgehead atoms. The van der Waals surface area contributed by atoms with Crippen LogP contribution in [0.15, 0.2) is 53.7 Å². The number of carbonyl (C=O) groups is 2. The van der Waals surface area contributed by atoms with E-state index in [1.54, 1.807) is 24.3 Å². The molecule has 11 heteroatoms. The molecule has 0 spiro atoms. The molecule has 6 N–H and O–H groups in total. The maximum atomic E-state index is 13.0. The van der Waals surface area contributed by atoms with Crippen molar-refractivity contribution in [2.45, 2.75) is 5.16 Å². The Morgan fingerprint density at radius 1 is 0.931 bits per heavy atom. The number of carbonyl (C=O) groups excluding carboxylic acids is 2. The third-order valence-corrected chi connectivity index (χ3v) is 4.38. The molecule has 0 atom stereocenters. The number of halogens is 1. The third kappa shape index (κ3) is 5.62. The van der Waals surface area contributed by atoms with Gasteiger partial charge in [0.2, 0.25) is 17.8 Å². The first kappa shape index (κ1) is 20.0. The van der Waals surface area contributed by atoms with Gasteiger partial charge in [0.25, 0.3) is 5.91 Å². The molecule has 0 saturated carbocycles. The van der Waals surface area contributed by atoms with E-state index in [0.717, 1.165) is 11.8 Å². The maximum Gasteiger partial charge on any atom is 0.257 e. The molecule has 0 saturated heterocycles. The largest absolute Gasteiger partial charge is 0.368 e. The summed E-state index contributed by atoms with van der Waals surface area (Å²) in [5.74, 6) is -1.34. The van der Waals surface area contributed by atoms with Gasteiger partial charge in [0.1, 0.15) is 5.82 Å². The molecular weight excluding hydrogens is 397 g/mol. The Morgan fingerprint density at radius 3 is 2.28 bits per heavy atom. The van der Waals surface area contributed by atoms with Crippen molar-refractivity contribution in [3.8, 4) is 0 Å². The van der Waals surface area contributed by atoms with Crippen molar-refractivity contribution in [1.82, 2.24) is 15.0 Å². The van der Waals surface area contributed by atoms with Crippen molar-refractivity contribution in [3.63, 3.8) is 0 Å². The number of nitrogens with one attached hydrogen (secondary N) is 2.